The number of halogens is 1. The Balaban J connectivity index is 2.38. The summed E-state index contributed by atoms with van der Waals surface area (Å²) in [5, 5.41) is 17.8. The van der Waals surface area contributed by atoms with E-state index in [1.807, 2.05) is 12.1 Å². The molecule has 2 N–H and O–H groups in total. The monoisotopic (exact) mass is 256 g/mol. The maximum absolute atomic E-state index is 8.91. The molecule has 0 spiro atoms. The van der Waals surface area contributed by atoms with E-state index in [1.165, 1.54) is 0 Å². The first-order valence-electron chi connectivity index (χ1n) is 4.47. The molecule has 0 atom stereocenters. The summed E-state index contributed by atoms with van der Waals surface area (Å²) in [7, 11) is -1.32. The summed E-state index contributed by atoms with van der Waals surface area (Å²) in [6, 6.07) is 3.87. The highest BCUT2D eigenvalue weighted by molar-refractivity contribution is 9.10. The quantitative estimate of drug-likeness (QED) is 0.775. The molecule has 2 rings (SSSR count). The second-order valence-corrected chi connectivity index (χ2v) is 4.25. The van der Waals surface area contributed by atoms with Crippen molar-refractivity contribution in [3.05, 3.63) is 27.7 Å². The van der Waals surface area contributed by atoms with Crippen LogP contribution in [-0.2, 0) is 12.7 Å². The Hall–Kier alpha value is -0.515. The van der Waals surface area contributed by atoms with Crippen LogP contribution in [0.3, 0.4) is 0 Å². The minimum atomic E-state index is -1.32. The number of ether oxygens (including phenoxy) is 1. The van der Waals surface area contributed by atoms with Gasteiger partial charge in [0.15, 0.2) is 0 Å². The second-order valence-electron chi connectivity index (χ2n) is 3.34. The molecule has 5 heteroatoms. The number of hydrogen-bond acceptors (Lipinski definition) is 3. The first-order chi connectivity index (χ1) is 6.66. The first kappa shape index (κ1) is 10.0. The Labute approximate surface area is 91.0 Å². The molecule has 0 saturated carbocycles. The smallest absolute Gasteiger partial charge is 0.456 e. The van der Waals surface area contributed by atoms with Crippen LogP contribution in [-0.4, -0.2) is 23.8 Å². The number of benzene rings is 1. The third-order valence-electron chi connectivity index (χ3n) is 2.23. The molecular formula is C9H10BBrO3. The van der Waals surface area contributed by atoms with Crippen LogP contribution in [0.4, 0.5) is 0 Å². The molecule has 1 aliphatic rings. The number of fused-ring (bicyclic) bond motifs is 1. The Morgan fingerprint density at radius 2 is 2.21 bits per heavy atom. The standard InChI is InChI=1S/C9H10BBrO3/c11-8-3-6-1-2-14-9(6)7(4-8)5-10(12)13/h3-4,12-13H,1-2,5H2. The molecule has 1 aromatic carbocycles. The fraction of sp³-hybridized carbons (Fsp3) is 0.333. The largest absolute Gasteiger partial charge is 0.493 e. The van der Waals surface area contributed by atoms with Crippen molar-refractivity contribution in [1.82, 2.24) is 0 Å². The van der Waals surface area contributed by atoms with Gasteiger partial charge >= 0.3 is 7.12 Å². The van der Waals surface area contributed by atoms with Crippen LogP contribution < -0.4 is 4.74 Å². The molecule has 0 radical (unpaired) electrons. The van der Waals surface area contributed by atoms with Crippen molar-refractivity contribution < 1.29 is 14.8 Å². The van der Waals surface area contributed by atoms with E-state index in [0.717, 1.165) is 27.8 Å². The molecule has 14 heavy (non-hydrogen) atoms. The molecule has 0 amide bonds. The van der Waals surface area contributed by atoms with E-state index in [1.54, 1.807) is 0 Å². The Kier molecular flexibility index (Phi) is 2.81. The van der Waals surface area contributed by atoms with Gasteiger partial charge in [0.25, 0.3) is 0 Å². The van der Waals surface area contributed by atoms with Gasteiger partial charge in [-0.05, 0) is 23.3 Å². The van der Waals surface area contributed by atoms with Crippen LogP contribution >= 0.6 is 15.9 Å². The van der Waals surface area contributed by atoms with E-state index >= 15 is 0 Å². The molecule has 1 heterocycles. The summed E-state index contributed by atoms with van der Waals surface area (Å²) >= 11 is 3.39. The Bertz CT molecular complexity index is 354. The van der Waals surface area contributed by atoms with Gasteiger partial charge in [-0.3, -0.25) is 0 Å². The lowest BCUT2D eigenvalue weighted by Crippen LogP contribution is -2.15. The number of hydrogen-bond donors (Lipinski definition) is 2. The van der Waals surface area contributed by atoms with Crippen LogP contribution in [0.25, 0.3) is 0 Å². The van der Waals surface area contributed by atoms with Gasteiger partial charge in [0.05, 0.1) is 6.61 Å². The van der Waals surface area contributed by atoms with Crippen molar-refractivity contribution in [2.45, 2.75) is 12.7 Å². The summed E-state index contributed by atoms with van der Waals surface area (Å²) in [5.41, 5.74) is 1.98. The molecule has 0 unspecified atom stereocenters. The van der Waals surface area contributed by atoms with Crippen molar-refractivity contribution in [3.63, 3.8) is 0 Å². The molecule has 0 bridgehead atoms. The van der Waals surface area contributed by atoms with E-state index in [4.69, 9.17) is 14.8 Å². The third kappa shape index (κ3) is 1.94. The lowest BCUT2D eigenvalue weighted by molar-refractivity contribution is 0.352. The highest BCUT2D eigenvalue weighted by Crippen LogP contribution is 2.33. The summed E-state index contributed by atoms with van der Waals surface area (Å²) in [5.74, 6) is 0.821. The van der Waals surface area contributed by atoms with Gasteiger partial charge in [-0.1, -0.05) is 15.9 Å². The van der Waals surface area contributed by atoms with Crippen molar-refractivity contribution in [3.8, 4) is 5.75 Å². The van der Waals surface area contributed by atoms with Crippen molar-refractivity contribution in [2.24, 2.45) is 0 Å². The normalized spacial score (nSPS) is 13.6. The number of rotatable bonds is 2. The topological polar surface area (TPSA) is 49.7 Å². The first-order valence-corrected chi connectivity index (χ1v) is 5.26. The van der Waals surface area contributed by atoms with E-state index in [0.29, 0.717) is 6.61 Å². The van der Waals surface area contributed by atoms with Gasteiger partial charge in [0, 0.05) is 17.2 Å². The minimum Gasteiger partial charge on any atom is -0.493 e. The van der Waals surface area contributed by atoms with Crippen molar-refractivity contribution >= 4 is 23.0 Å². The molecule has 1 aliphatic heterocycles. The van der Waals surface area contributed by atoms with Crippen molar-refractivity contribution in [1.29, 1.82) is 0 Å². The molecule has 3 nitrogen and oxygen atoms in total. The van der Waals surface area contributed by atoms with Crippen LogP contribution in [0.2, 0.25) is 0 Å². The van der Waals surface area contributed by atoms with E-state index in [2.05, 4.69) is 15.9 Å². The second kappa shape index (κ2) is 3.92. The SMILES string of the molecule is OB(O)Cc1cc(Br)cc2c1OCC2. The Morgan fingerprint density at radius 1 is 1.43 bits per heavy atom. The zero-order valence-electron chi connectivity index (χ0n) is 7.53. The fourth-order valence-corrected chi connectivity index (χ4v) is 2.25. The summed E-state index contributed by atoms with van der Waals surface area (Å²) < 4.78 is 6.40. The van der Waals surface area contributed by atoms with Gasteiger partial charge in [0.1, 0.15) is 5.75 Å². The highest BCUT2D eigenvalue weighted by Gasteiger charge is 2.20. The highest BCUT2D eigenvalue weighted by atomic mass is 79.9. The predicted octanol–water partition coefficient (Wildman–Crippen LogP) is 0.938. The Morgan fingerprint density at radius 3 is 2.93 bits per heavy atom. The zero-order valence-corrected chi connectivity index (χ0v) is 9.12. The molecule has 0 saturated heterocycles. The van der Waals surface area contributed by atoms with Gasteiger partial charge in [0.2, 0.25) is 0 Å². The molecular weight excluding hydrogens is 247 g/mol. The predicted molar refractivity (Wildman–Crippen MR) is 57.2 cm³/mol. The van der Waals surface area contributed by atoms with E-state index < -0.39 is 7.12 Å². The average Bonchev–Trinajstić information content (AvgIpc) is 2.50. The van der Waals surface area contributed by atoms with Crippen molar-refractivity contribution in [2.75, 3.05) is 6.61 Å². The summed E-state index contributed by atoms with van der Waals surface area (Å²) in [6.07, 6.45) is 1.10. The van der Waals surface area contributed by atoms with Gasteiger partial charge in [-0.2, -0.15) is 0 Å². The van der Waals surface area contributed by atoms with Gasteiger partial charge < -0.3 is 14.8 Å². The maximum atomic E-state index is 8.91. The average molecular weight is 257 g/mol. The van der Waals surface area contributed by atoms with E-state index in [9.17, 15) is 0 Å². The van der Waals surface area contributed by atoms with Crippen LogP contribution in [0.1, 0.15) is 11.1 Å². The van der Waals surface area contributed by atoms with Crippen LogP contribution in [0.15, 0.2) is 16.6 Å². The molecule has 0 aromatic heterocycles. The van der Waals surface area contributed by atoms with Gasteiger partial charge in [-0.15, -0.1) is 0 Å². The zero-order chi connectivity index (χ0) is 10.1. The molecule has 0 aliphatic carbocycles. The lowest BCUT2D eigenvalue weighted by atomic mass is 9.81. The van der Waals surface area contributed by atoms with Crippen LogP contribution in [0.5, 0.6) is 5.75 Å². The van der Waals surface area contributed by atoms with Crippen LogP contribution in [0, 0.1) is 0 Å². The molecule has 74 valence electrons. The fourth-order valence-electron chi connectivity index (χ4n) is 1.69. The maximum Gasteiger partial charge on any atom is 0.456 e. The summed E-state index contributed by atoms with van der Waals surface area (Å²) in [4.78, 5) is 0. The molecule has 1 aromatic rings. The molecule has 0 fully saturated rings. The minimum absolute atomic E-state index is 0.210. The lowest BCUT2D eigenvalue weighted by Gasteiger charge is -2.08. The van der Waals surface area contributed by atoms with Gasteiger partial charge in [-0.25, -0.2) is 0 Å². The van der Waals surface area contributed by atoms with E-state index in [-0.39, 0.29) is 6.32 Å². The third-order valence-corrected chi connectivity index (χ3v) is 2.69. The summed E-state index contributed by atoms with van der Waals surface area (Å²) in [6.45, 7) is 0.681.